The lowest BCUT2D eigenvalue weighted by Crippen LogP contribution is -2.27. The molecule has 2 rings (SSSR count). The lowest BCUT2D eigenvalue weighted by Gasteiger charge is -2.12. The predicted molar refractivity (Wildman–Crippen MR) is 84.8 cm³/mol. The summed E-state index contributed by atoms with van der Waals surface area (Å²) in [6.45, 7) is 2.17. The zero-order valence-corrected chi connectivity index (χ0v) is 12.7. The van der Waals surface area contributed by atoms with Crippen LogP contribution in [0, 0.1) is 10.1 Å². The summed E-state index contributed by atoms with van der Waals surface area (Å²) in [6.07, 6.45) is 0. The van der Waals surface area contributed by atoms with Gasteiger partial charge in [-0.2, -0.15) is 0 Å². The van der Waals surface area contributed by atoms with Crippen LogP contribution in [0.4, 0.5) is 5.69 Å². The van der Waals surface area contributed by atoms with Crippen molar-refractivity contribution in [1.29, 1.82) is 0 Å². The molecule has 0 saturated heterocycles. The predicted octanol–water partition coefficient (Wildman–Crippen LogP) is 3.67. The summed E-state index contributed by atoms with van der Waals surface area (Å²) in [5, 5.41) is 14.1. The first-order valence-electron chi connectivity index (χ1n) is 6.74. The van der Waals surface area contributed by atoms with Gasteiger partial charge in [-0.15, -0.1) is 0 Å². The molecule has 0 unspecified atom stereocenters. The quantitative estimate of drug-likeness (QED) is 0.675. The fourth-order valence-electron chi connectivity index (χ4n) is 1.98. The fourth-order valence-corrected chi connectivity index (χ4v) is 2.11. The first-order chi connectivity index (χ1) is 10.5. The average molecular weight is 319 g/mol. The lowest BCUT2D eigenvalue weighted by molar-refractivity contribution is -0.384. The molecule has 1 amide bonds. The van der Waals surface area contributed by atoms with Crippen LogP contribution in [0.5, 0.6) is 0 Å². The highest BCUT2D eigenvalue weighted by Gasteiger charge is 2.16. The Kier molecular flexibility index (Phi) is 5.12. The van der Waals surface area contributed by atoms with E-state index in [2.05, 4.69) is 5.32 Å². The molecular formula is C16H15ClN2O3. The third-order valence-corrected chi connectivity index (χ3v) is 3.63. The summed E-state index contributed by atoms with van der Waals surface area (Å²) < 4.78 is 0. The number of nitrogens with one attached hydrogen (secondary N) is 1. The number of nitrogens with zero attached hydrogens (tertiary/aromatic N) is 1. The number of benzene rings is 2. The zero-order chi connectivity index (χ0) is 16.1. The third-order valence-electron chi connectivity index (χ3n) is 3.38. The van der Waals surface area contributed by atoms with Crippen molar-refractivity contribution in [2.75, 3.05) is 0 Å². The summed E-state index contributed by atoms with van der Waals surface area (Å²) >= 11 is 5.80. The van der Waals surface area contributed by atoms with E-state index in [1.165, 1.54) is 12.1 Å². The molecule has 0 radical (unpaired) electrons. The van der Waals surface area contributed by atoms with Crippen molar-refractivity contribution >= 4 is 23.2 Å². The first kappa shape index (κ1) is 16.0. The van der Waals surface area contributed by atoms with E-state index in [-0.39, 0.29) is 17.5 Å². The molecule has 0 aromatic heterocycles. The van der Waals surface area contributed by atoms with Gasteiger partial charge in [-0.05, 0) is 30.2 Å². The standard InChI is InChI=1S/C16H15ClN2O3/c1-11(13-4-8-15(9-5-13)19(21)22)16(20)18-10-12-2-6-14(17)7-3-12/h2-9,11H,10H2,1H3,(H,18,20)/t11-/m0/s1. The van der Waals surface area contributed by atoms with Gasteiger partial charge in [0.15, 0.2) is 0 Å². The van der Waals surface area contributed by atoms with Gasteiger partial charge in [-0.3, -0.25) is 14.9 Å². The van der Waals surface area contributed by atoms with Crippen molar-refractivity contribution in [2.45, 2.75) is 19.4 Å². The Hall–Kier alpha value is -2.40. The maximum absolute atomic E-state index is 12.1. The van der Waals surface area contributed by atoms with Crippen LogP contribution in [0.3, 0.4) is 0 Å². The van der Waals surface area contributed by atoms with Crippen molar-refractivity contribution in [3.8, 4) is 0 Å². The van der Waals surface area contributed by atoms with E-state index in [9.17, 15) is 14.9 Å². The van der Waals surface area contributed by atoms with Crippen LogP contribution < -0.4 is 5.32 Å². The van der Waals surface area contributed by atoms with Gasteiger partial charge in [0.2, 0.25) is 5.91 Å². The van der Waals surface area contributed by atoms with Gasteiger partial charge in [0.1, 0.15) is 0 Å². The van der Waals surface area contributed by atoms with Gasteiger partial charge < -0.3 is 5.32 Å². The van der Waals surface area contributed by atoms with Gasteiger partial charge in [0.05, 0.1) is 10.8 Å². The van der Waals surface area contributed by atoms with Crippen LogP contribution in [-0.2, 0) is 11.3 Å². The topological polar surface area (TPSA) is 72.2 Å². The van der Waals surface area contributed by atoms with Crippen LogP contribution >= 0.6 is 11.6 Å². The Morgan fingerprint density at radius 2 is 1.77 bits per heavy atom. The number of nitro groups is 1. The second kappa shape index (κ2) is 7.04. The number of carbonyl (C=O) groups excluding carboxylic acids is 1. The molecule has 1 atom stereocenters. The number of rotatable bonds is 5. The molecule has 0 spiro atoms. The monoisotopic (exact) mass is 318 g/mol. The van der Waals surface area contributed by atoms with Crippen molar-refractivity contribution in [3.63, 3.8) is 0 Å². The molecule has 0 fully saturated rings. The van der Waals surface area contributed by atoms with Gasteiger partial charge in [0, 0.05) is 23.7 Å². The smallest absolute Gasteiger partial charge is 0.269 e. The van der Waals surface area contributed by atoms with Crippen LogP contribution in [0.1, 0.15) is 24.0 Å². The molecule has 0 aliphatic heterocycles. The lowest BCUT2D eigenvalue weighted by atomic mass is 10.00. The van der Waals surface area contributed by atoms with Gasteiger partial charge in [0.25, 0.3) is 5.69 Å². The number of nitro benzene ring substituents is 1. The largest absolute Gasteiger partial charge is 0.352 e. The average Bonchev–Trinajstić information content (AvgIpc) is 2.53. The zero-order valence-electron chi connectivity index (χ0n) is 12.0. The fraction of sp³-hybridized carbons (Fsp3) is 0.188. The van der Waals surface area contributed by atoms with E-state index in [1.54, 1.807) is 31.2 Å². The number of non-ortho nitro benzene ring substituents is 1. The number of carbonyl (C=O) groups is 1. The van der Waals surface area contributed by atoms with E-state index in [1.807, 2.05) is 12.1 Å². The molecule has 6 heteroatoms. The van der Waals surface area contributed by atoms with Crippen molar-refractivity contribution in [3.05, 3.63) is 74.8 Å². The summed E-state index contributed by atoms with van der Waals surface area (Å²) in [5.41, 5.74) is 1.70. The molecule has 22 heavy (non-hydrogen) atoms. The maximum atomic E-state index is 12.1. The summed E-state index contributed by atoms with van der Waals surface area (Å²) in [4.78, 5) is 22.3. The second-order valence-corrected chi connectivity index (χ2v) is 5.35. The van der Waals surface area contributed by atoms with Gasteiger partial charge >= 0.3 is 0 Å². The first-order valence-corrected chi connectivity index (χ1v) is 7.11. The van der Waals surface area contributed by atoms with E-state index < -0.39 is 4.92 Å². The minimum atomic E-state index is -0.463. The van der Waals surface area contributed by atoms with Crippen LogP contribution in [0.15, 0.2) is 48.5 Å². The molecule has 114 valence electrons. The van der Waals surface area contributed by atoms with Crippen molar-refractivity contribution in [2.24, 2.45) is 0 Å². The Morgan fingerprint density at radius 1 is 1.18 bits per heavy atom. The molecule has 2 aromatic rings. The van der Waals surface area contributed by atoms with E-state index in [4.69, 9.17) is 11.6 Å². The van der Waals surface area contributed by atoms with E-state index in [0.29, 0.717) is 11.6 Å². The van der Waals surface area contributed by atoms with Gasteiger partial charge in [-0.25, -0.2) is 0 Å². The number of halogens is 1. The molecule has 5 nitrogen and oxygen atoms in total. The molecule has 1 N–H and O–H groups in total. The Labute approximate surface area is 133 Å². The Balaban J connectivity index is 1.96. The highest BCUT2D eigenvalue weighted by Crippen LogP contribution is 2.19. The molecule has 0 aliphatic rings. The Bertz CT molecular complexity index is 669. The number of hydrogen-bond donors (Lipinski definition) is 1. The summed E-state index contributed by atoms with van der Waals surface area (Å²) in [7, 11) is 0. The minimum Gasteiger partial charge on any atom is -0.352 e. The summed E-state index contributed by atoms with van der Waals surface area (Å²) in [6, 6.07) is 13.2. The minimum absolute atomic E-state index is 0.0116. The van der Waals surface area contributed by atoms with E-state index >= 15 is 0 Å². The molecule has 2 aromatic carbocycles. The third kappa shape index (κ3) is 4.05. The molecule has 0 heterocycles. The van der Waals surface area contributed by atoms with Gasteiger partial charge in [-0.1, -0.05) is 35.9 Å². The SMILES string of the molecule is C[C@H](C(=O)NCc1ccc(Cl)cc1)c1ccc([N+](=O)[O-])cc1. The Morgan fingerprint density at radius 3 is 2.32 bits per heavy atom. The number of amides is 1. The molecule has 0 aliphatic carbocycles. The summed E-state index contributed by atoms with van der Waals surface area (Å²) in [5.74, 6) is -0.517. The number of hydrogen-bond acceptors (Lipinski definition) is 3. The second-order valence-electron chi connectivity index (χ2n) is 4.91. The molecular weight excluding hydrogens is 304 g/mol. The van der Waals surface area contributed by atoms with E-state index in [0.717, 1.165) is 11.1 Å². The van der Waals surface area contributed by atoms with Crippen molar-refractivity contribution in [1.82, 2.24) is 5.32 Å². The van der Waals surface area contributed by atoms with Crippen LogP contribution in [0.2, 0.25) is 5.02 Å². The highest BCUT2D eigenvalue weighted by molar-refractivity contribution is 6.30. The van der Waals surface area contributed by atoms with Crippen LogP contribution in [-0.4, -0.2) is 10.8 Å². The molecule has 0 saturated carbocycles. The van der Waals surface area contributed by atoms with Crippen molar-refractivity contribution < 1.29 is 9.72 Å². The van der Waals surface area contributed by atoms with Crippen LogP contribution in [0.25, 0.3) is 0 Å². The molecule has 0 bridgehead atoms. The maximum Gasteiger partial charge on any atom is 0.269 e. The highest BCUT2D eigenvalue weighted by atomic mass is 35.5. The normalized spacial score (nSPS) is 11.7.